The van der Waals surface area contributed by atoms with Crippen LogP contribution in [-0.2, 0) is 9.59 Å². The van der Waals surface area contributed by atoms with E-state index in [-0.39, 0.29) is 17.4 Å². The standard InChI is InChI=1S/C9H18N2O2Si/c1-6(2)10-3-4-11-8(12)5-7(14)9(11)13/h6-7,10H,3-5H2,1-2,14H3. The van der Waals surface area contributed by atoms with E-state index in [0.717, 1.165) is 10.2 Å². The molecule has 1 atom stereocenters. The molecule has 0 aromatic carbocycles. The highest BCUT2D eigenvalue weighted by Gasteiger charge is 2.34. The van der Waals surface area contributed by atoms with Gasteiger partial charge in [-0.1, -0.05) is 13.8 Å². The average Bonchev–Trinajstić information content (AvgIpc) is 2.31. The summed E-state index contributed by atoms with van der Waals surface area (Å²) in [6, 6.07) is 0.398. The van der Waals surface area contributed by atoms with E-state index in [0.29, 0.717) is 25.6 Å². The largest absolute Gasteiger partial charge is 0.313 e. The molecule has 1 saturated heterocycles. The number of rotatable bonds is 4. The van der Waals surface area contributed by atoms with Gasteiger partial charge in [0.05, 0.1) is 0 Å². The molecule has 2 amide bonds. The molecule has 1 aliphatic heterocycles. The van der Waals surface area contributed by atoms with Crippen LogP contribution in [0.25, 0.3) is 0 Å². The zero-order chi connectivity index (χ0) is 10.7. The van der Waals surface area contributed by atoms with Gasteiger partial charge >= 0.3 is 0 Å². The third kappa shape index (κ3) is 2.65. The summed E-state index contributed by atoms with van der Waals surface area (Å²) in [5.74, 6) is 0.0350. The molecule has 0 aromatic heterocycles. The fraction of sp³-hybridized carbons (Fsp3) is 0.778. The van der Waals surface area contributed by atoms with E-state index >= 15 is 0 Å². The molecule has 1 heterocycles. The van der Waals surface area contributed by atoms with E-state index in [1.54, 1.807) is 0 Å². The fourth-order valence-corrected chi connectivity index (χ4v) is 2.21. The molecule has 1 rings (SSSR count). The summed E-state index contributed by atoms with van der Waals surface area (Å²) in [6.07, 6.45) is 0.437. The molecular weight excluding hydrogens is 196 g/mol. The van der Waals surface area contributed by atoms with Crippen LogP contribution >= 0.6 is 0 Å². The lowest BCUT2D eigenvalue weighted by Crippen LogP contribution is -2.38. The van der Waals surface area contributed by atoms with Gasteiger partial charge in [-0.15, -0.1) is 0 Å². The van der Waals surface area contributed by atoms with Crippen LogP contribution in [0.4, 0.5) is 0 Å². The molecule has 0 aromatic rings. The van der Waals surface area contributed by atoms with Crippen molar-refractivity contribution in [3.05, 3.63) is 0 Å². The maximum atomic E-state index is 11.5. The third-order valence-corrected chi connectivity index (χ3v) is 3.26. The van der Waals surface area contributed by atoms with Crippen LogP contribution < -0.4 is 5.32 Å². The summed E-state index contributed by atoms with van der Waals surface area (Å²) in [7, 11) is 0.786. The Morgan fingerprint density at radius 3 is 2.64 bits per heavy atom. The van der Waals surface area contributed by atoms with Crippen LogP contribution in [0.15, 0.2) is 0 Å². The van der Waals surface area contributed by atoms with E-state index in [9.17, 15) is 9.59 Å². The molecule has 80 valence electrons. The SMILES string of the molecule is CC(C)NCCN1C(=O)CC([SiH3])C1=O. The quantitative estimate of drug-likeness (QED) is 0.477. The van der Waals surface area contributed by atoms with Gasteiger partial charge < -0.3 is 5.32 Å². The number of carbonyl (C=O) groups excluding carboxylic acids is 2. The lowest BCUT2D eigenvalue weighted by atomic mass is 10.3. The third-order valence-electron chi connectivity index (χ3n) is 2.36. The first-order valence-corrected chi connectivity index (χ1v) is 6.25. The highest BCUT2D eigenvalue weighted by Crippen LogP contribution is 2.20. The van der Waals surface area contributed by atoms with Crippen molar-refractivity contribution in [1.82, 2.24) is 10.2 Å². The van der Waals surface area contributed by atoms with Crippen molar-refractivity contribution in [3.63, 3.8) is 0 Å². The molecule has 14 heavy (non-hydrogen) atoms. The summed E-state index contributed by atoms with van der Waals surface area (Å²) >= 11 is 0. The van der Waals surface area contributed by atoms with Crippen LogP contribution in [0.5, 0.6) is 0 Å². The molecule has 0 spiro atoms. The van der Waals surface area contributed by atoms with Gasteiger partial charge in [0.2, 0.25) is 11.8 Å². The monoisotopic (exact) mass is 214 g/mol. The van der Waals surface area contributed by atoms with E-state index in [1.807, 2.05) is 13.8 Å². The molecule has 1 N–H and O–H groups in total. The van der Waals surface area contributed by atoms with Gasteiger partial charge in [-0.3, -0.25) is 14.5 Å². The van der Waals surface area contributed by atoms with Crippen molar-refractivity contribution >= 4 is 22.1 Å². The number of nitrogens with one attached hydrogen (secondary N) is 1. The second-order valence-electron chi connectivity index (χ2n) is 4.10. The highest BCUT2D eigenvalue weighted by molar-refractivity contribution is 6.29. The van der Waals surface area contributed by atoms with Gasteiger partial charge in [0.15, 0.2) is 0 Å². The number of amides is 2. The van der Waals surface area contributed by atoms with E-state index in [2.05, 4.69) is 5.32 Å². The van der Waals surface area contributed by atoms with Crippen molar-refractivity contribution in [1.29, 1.82) is 0 Å². The summed E-state index contributed by atoms with van der Waals surface area (Å²) < 4.78 is 0. The van der Waals surface area contributed by atoms with Gasteiger partial charge in [0, 0.05) is 41.3 Å². The van der Waals surface area contributed by atoms with Crippen LogP contribution in [0, 0.1) is 0 Å². The zero-order valence-electron chi connectivity index (χ0n) is 9.04. The Kier molecular flexibility index (Phi) is 3.83. The molecule has 0 bridgehead atoms. The highest BCUT2D eigenvalue weighted by atomic mass is 28.1. The van der Waals surface area contributed by atoms with Crippen molar-refractivity contribution in [2.75, 3.05) is 13.1 Å². The Morgan fingerprint density at radius 1 is 1.57 bits per heavy atom. The number of likely N-dealkylation sites (tertiary alicyclic amines) is 1. The number of carbonyl (C=O) groups is 2. The number of imide groups is 1. The fourth-order valence-electron chi connectivity index (χ4n) is 1.55. The molecule has 1 fully saturated rings. The smallest absolute Gasteiger partial charge is 0.229 e. The minimum absolute atomic E-state index is 0.000515. The van der Waals surface area contributed by atoms with Crippen LogP contribution in [0.1, 0.15) is 20.3 Å². The second kappa shape index (κ2) is 4.70. The average molecular weight is 214 g/mol. The number of nitrogens with zero attached hydrogens (tertiary/aromatic N) is 1. The van der Waals surface area contributed by atoms with Gasteiger partial charge in [-0.25, -0.2) is 0 Å². The van der Waals surface area contributed by atoms with Crippen molar-refractivity contribution in [2.45, 2.75) is 31.9 Å². The molecule has 0 radical (unpaired) electrons. The lowest BCUT2D eigenvalue weighted by molar-refractivity contribution is -0.138. The van der Waals surface area contributed by atoms with E-state index in [4.69, 9.17) is 0 Å². The normalized spacial score (nSPS) is 22.8. The predicted molar refractivity (Wildman–Crippen MR) is 58.2 cm³/mol. The molecule has 5 heteroatoms. The minimum Gasteiger partial charge on any atom is -0.313 e. The summed E-state index contributed by atoms with van der Waals surface area (Å²) in [5, 5.41) is 3.19. The first-order chi connectivity index (χ1) is 6.52. The Morgan fingerprint density at radius 2 is 2.21 bits per heavy atom. The van der Waals surface area contributed by atoms with Gasteiger partial charge in [0.25, 0.3) is 0 Å². The van der Waals surface area contributed by atoms with Crippen molar-refractivity contribution < 1.29 is 9.59 Å². The zero-order valence-corrected chi connectivity index (χ0v) is 11.0. The molecule has 1 aliphatic rings. The van der Waals surface area contributed by atoms with E-state index < -0.39 is 0 Å². The maximum absolute atomic E-state index is 11.5. The van der Waals surface area contributed by atoms with Gasteiger partial charge in [-0.05, 0) is 0 Å². The van der Waals surface area contributed by atoms with Gasteiger partial charge in [0.1, 0.15) is 0 Å². The summed E-state index contributed by atoms with van der Waals surface area (Å²) in [6.45, 7) is 5.31. The topological polar surface area (TPSA) is 49.4 Å². The van der Waals surface area contributed by atoms with Crippen LogP contribution in [0.3, 0.4) is 0 Å². The van der Waals surface area contributed by atoms with Gasteiger partial charge in [-0.2, -0.15) is 0 Å². The molecule has 0 aliphatic carbocycles. The van der Waals surface area contributed by atoms with Crippen LogP contribution in [-0.4, -0.2) is 46.1 Å². The predicted octanol–water partition coefficient (Wildman–Crippen LogP) is -1.10. The Labute approximate surface area is 87.5 Å². The number of hydrogen-bond donors (Lipinski definition) is 1. The first kappa shape index (κ1) is 11.4. The number of hydrogen-bond acceptors (Lipinski definition) is 3. The Hall–Kier alpha value is -0.683. The second-order valence-corrected chi connectivity index (χ2v) is 5.49. The summed E-state index contributed by atoms with van der Waals surface area (Å²) in [4.78, 5) is 24.3. The Balaban J connectivity index is 2.37. The molecule has 4 nitrogen and oxygen atoms in total. The van der Waals surface area contributed by atoms with E-state index in [1.165, 1.54) is 4.90 Å². The van der Waals surface area contributed by atoms with Crippen LogP contribution in [0.2, 0.25) is 5.54 Å². The molecule has 0 saturated carbocycles. The lowest BCUT2D eigenvalue weighted by Gasteiger charge is -2.15. The van der Waals surface area contributed by atoms with Crippen molar-refractivity contribution in [3.8, 4) is 0 Å². The molecular formula is C9H18N2O2Si. The Bertz CT molecular complexity index is 243. The molecule has 1 unspecified atom stereocenters. The first-order valence-electron chi connectivity index (χ1n) is 5.10. The minimum atomic E-state index is 0.000515. The summed E-state index contributed by atoms with van der Waals surface area (Å²) in [5.41, 5.74) is 0.0153. The maximum Gasteiger partial charge on any atom is 0.229 e. The van der Waals surface area contributed by atoms with Crippen molar-refractivity contribution in [2.24, 2.45) is 0 Å².